The maximum absolute atomic E-state index is 13.4. The molecule has 0 unspecified atom stereocenters. The van der Waals surface area contributed by atoms with Crippen molar-refractivity contribution in [2.75, 3.05) is 6.54 Å². The van der Waals surface area contributed by atoms with E-state index in [1.807, 2.05) is 0 Å². The third-order valence-corrected chi connectivity index (χ3v) is 4.89. The summed E-state index contributed by atoms with van der Waals surface area (Å²) in [6.45, 7) is 0.125. The molecule has 0 radical (unpaired) electrons. The number of nitrogens with one attached hydrogen (secondary N) is 1. The molecule has 6 nitrogen and oxygen atoms in total. The Morgan fingerprint density at radius 1 is 1.31 bits per heavy atom. The van der Waals surface area contributed by atoms with Gasteiger partial charge in [0.05, 0.1) is 28.9 Å². The number of rotatable bonds is 7. The van der Waals surface area contributed by atoms with Crippen LogP contribution in [-0.2, 0) is 24.7 Å². The minimum Gasteiger partial charge on any atom is -0.448 e. The lowest BCUT2D eigenvalue weighted by atomic mass is 10.1. The van der Waals surface area contributed by atoms with E-state index in [9.17, 15) is 13.6 Å². The quantitative estimate of drug-likeness (QED) is 0.586. The first-order valence-electron chi connectivity index (χ1n) is 8.68. The van der Waals surface area contributed by atoms with Gasteiger partial charge in [0.2, 0.25) is 11.1 Å². The number of aryl methyl sites for hydroxylation is 1. The number of carbonyl (C=O) groups is 1. The summed E-state index contributed by atoms with van der Waals surface area (Å²) >= 11 is 12.3. The van der Waals surface area contributed by atoms with Crippen molar-refractivity contribution in [2.24, 2.45) is 12.8 Å². The van der Waals surface area contributed by atoms with Crippen LogP contribution >= 0.6 is 23.2 Å². The Morgan fingerprint density at radius 2 is 2.07 bits per heavy atom. The summed E-state index contributed by atoms with van der Waals surface area (Å²) in [7, 11) is 1.71. The van der Waals surface area contributed by atoms with Gasteiger partial charge in [0.15, 0.2) is 11.6 Å². The number of hydrogen-bond donors (Lipinski definition) is 2. The Balaban J connectivity index is 1.66. The van der Waals surface area contributed by atoms with Gasteiger partial charge >= 0.3 is 0 Å². The second-order valence-electron chi connectivity index (χ2n) is 6.49. The van der Waals surface area contributed by atoms with E-state index in [0.29, 0.717) is 27.6 Å². The molecule has 2 aromatic heterocycles. The average Bonchev–Trinajstić information content (AvgIpc) is 3.18. The topological polar surface area (TPSA) is 86.1 Å². The van der Waals surface area contributed by atoms with Crippen LogP contribution in [-0.4, -0.2) is 28.3 Å². The Kier molecular flexibility index (Phi) is 6.56. The molecule has 29 heavy (non-hydrogen) atoms. The van der Waals surface area contributed by atoms with Gasteiger partial charge in [0, 0.05) is 19.6 Å². The van der Waals surface area contributed by atoms with Crippen molar-refractivity contribution in [3.05, 3.63) is 63.7 Å². The monoisotopic (exact) mass is 442 g/mol. The Labute approximate surface area is 175 Å². The third kappa shape index (κ3) is 4.95. The van der Waals surface area contributed by atoms with Crippen LogP contribution in [0.4, 0.5) is 8.78 Å². The van der Waals surface area contributed by atoms with E-state index in [-0.39, 0.29) is 30.5 Å². The molecule has 1 aromatic carbocycles. The highest BCUT2D eigenvalue weighted by Crippen LogP contribution is 2.35. The van der Waals surface area contributed by atoms with Gasteiger partial charge < -0.3 is 15.5 Å². The van der Waals surface area contributed by atoms with Crippen LogP contribution < -0.4 is 11.1 Å². The van der Waals surface area contributed by atoms with E-state index in [1.165, 1.54) is 12.3 Å². The van der Waals surface area contributed by atoms with Gasteiger partial charge in [-0.25, -0.2) is 8.78 Å². The van der Waals surface area contributed by atoms with Gasteiger partial charge in [0.25, 0.3) is 0 Å². The molecule has 10 heteroatoms. The Hall–Kier alpha value is -2.42. The van der Waals surface area contributed by atoms with Gasteiger partial charge in [0.1, 0.15) is 5.76 Å². The number of furan rings is 1. The normalized spacial score (nSPS) is 12.2. The van der Waals surface area contributed by atoms with Crippen molar-refractivity contribution in [3.8, 4) is 11.3 Å². The second kappa shape index (κ2) is 8.94. The van der Waals surface area contributed by atoms with E-state index < -0.39 is 17.7 Å². The first-order chi connectivity index (χ1) is 13.8. The number of amides is 1. The fourth-order valence-electron chi connectivity index (χ4n) is 2.96. The number of hydrogen-bond acceptors (Lipinski definition) is 4. The molecule has 2 heterocycles. The van der Waals surface area contributed by atoms with E-state index in [2.05, 4.69) is 10.4 Å². The number of carbonyl (C=O) groups excluding carboxylic acids is 1. The summed E-state index contributed by atoms with van der Waals surface area (Å²) in [6.07, 6.45) is 1.66. The van der Waals surface area contributed by atoms with Crippen LogP contribution in [0.3, 0.4) is 0 Å². The molecular weight excluding hydrogens is 425 g/mol. The summed E-state index contributed by atoms with van der Waals surface area (Å²) in [5, 5.41) is 7.30. The van der Waals surface area contributed by atoms with Crippen molar-refractivity contribution in [1.82, 2.24) is 15.1 Å². The van der Waals surface area contributed by atoms with Crippen molar-refractivity contribution >= 4 is 29.1 Å². The van der Waals surface area contributed by atoms with E-state index in [0.717, 1.165) is 12.1 Å². The summed E-state index contributed by atoms with van der Waals surface area (Å²) in [5.41, 5.74) is 7.33. The molecule has 3 N–H and O–H groups in total. The van der Waals surface area contributed by atoms with Crippen molar-refractivity contribution in [1.29, 1.82) is 0 Å². The van der Waals surface area contributed by atoms with Gasteiger partial charge in [-0.1, -0.05) is 17.7 Å². The summed E-state index contributed by atoms with van der Waals surface area (Å²) < 4.78 is 33.4. The van der Waals surface area contributed by atoms with Crippen LogP contribution in [0.1, 0.15) is 11.3 Å². The summed E-state index contributed by atoms with van der Waals surface area (Å²) in [6, 6.07) is 4.74. The molecule has 154 valence electrons. The second-order valence-corrected chi connectivity index (χ2v) is 7.24. The van der Waals surface area contributed by atoms with Gasteiger partial charge in [-0.05, 0) is 41.8 Å². The molecule has 0 aliphatic rings. The molecule has 0 spiro atoms. The maximum Gasteiger partial charge on any atom is 0.227 e. The minimum absolute atomic E-state index is 0.0799. The molecule has 3 aromatic rings. The number of aromatic nitrogens is 2. The number of nitrogens with two attached hydrogens (primary N) is 1. The molecule has 0 aliphatic carbocycles. The highest BCUT2D eigenvalue weighted by atomic mass is 35.5. The Bertz CT molecular complexity index is 1020. The zero-order valence-corrected chi connectivity index (χ0v) is 16.9. The standard InChI is InChI=1S/C19H18Cl2F2N4O2/c1-27-18(14(20)9-25-27)13-6-12(29-19(13)21)7-17(28)26-11(8-24)4-10-2-3-15(22)16(23)5-10/h2-3,5-6,9,11H,4,7-8,24H2,1H3,(H,26,28)/t11-/m0/s1. The van der Waals surface area contributed by atoms with Crippen LogP contribution in [0, 0.1) is 11.6 Å². The lowest BCUT2D eigenvalue weighted by Crippen LogP contribution is -2.42. The van der Waals surface area contributed by atoms with Crippen molar-refractivity contribution < 1.29 is 18.0 Å². The van der Waals surface area contributed by atoms with Gasteiger partial charge in [-0.15, -0.1) is 0 Å². The fraction of sp³-hybridized carbons (Fsp3) is 0.263. The SMILES string of the molecule is Cn1ncc(Cl)c1-c1cc(CC(=O)N[C@H](CN)Cc2ccc(F)c(F)c2)oc1Cl. The molecule has 0 bridgehead atoms. The first-order valence-corrected chi connectivity index (χ1v) is 9.43. The molecule has 0 fully saturated rings. The number of halogens is 4. The maximum atomic E-state index is 13.4. The van der Waals surface area contributed by atoms with Crippen molar-refractivity contribution in [3.63, 3.8) is 0 Å². The van der Waals surface area contributed by atoms with Gasteiger partial charge in [-0.3, -0.25) is 9.48 Å². The van der Waals surface area contributed by atoms with Crippen LogP contribution in [0.5, 0.6) is 0 Å². The van der Waals surface area contributed by atoms with E-state index in [4.69, 9.17) is 33.4 Å². The zero-order valence-electron chi connectivity index (χ0n) is 15.4. The van der Waals surface area contributed by atoms with E-state index >= 15 is 0 Å². The van der Waals surface area contributed by atoms with Gasteiger partial charge in [-0.2, -0.15) is 5.10 Å². The zero-order chi connectivity index (χ0) is 21.1. The predicted molar refractivity (Wildman–Crippen MR) is 106 cm³/mol. The average molecular weight is 443 g/mol. The number of benzene rings is 1. The first kappa shape index (κ1) is 21.3. The van der Waals surface area contributed by atoms with Crippen LogP contribution in [0.15, 0.2) is 34.9 Å². The van der Waals surface area contributed by atoms with Crippen LogP contribution in [0.2, 0.25) is 10.2 Å². The summed E-state index contributed by atoms with van der Waals surface area (Å²) in [4.78, 5) is 12.4. The van der Waals surface area contributed by atoms with Crippen LogP contribution in [0.25, 0.3) is 11.3 Å². The largest absolute Gasteiger partial charge is 0.448 e. The fourth-order valence-corrected chi connectivity index (χ4v) is 3.47. The van der Waals surface area contributed by atoms with Crippen molar-refractivity contribution in [2.45, 2.75) is 18.9 Å². The lowest BCUT2D eigenvalue weighted by molar-refractivity contribution is -0.121. The predicted octanol–water partition coefficient (Wildman–Crippen LogP) is 3.49. The Morgan fingerprint density at radius 3 is 2.69 bits per heavy atom. The molecule has 0 aliphatic heterocycles. The highest BCUT2D eigenvalue weighted by molar-refractivity contribution is 6.35. The molecule has 0 saturated carbocycles. The molecule has 3 rings (SSSR count). The third-order valence-electron chi connectivity index (χ3n) is 4.34. The molecule has 1 atom stereocenters. The molecular formula is C19H18Cl2F2N4O2. The minimum atomic E-state index is -0.948. The number of nitrogens with zero attached hydrogens (tertiary/aromatic N) is 2. The highest BCUT2D eigenvalue weighted by Gasteiger charge is 2.20. The molecule has 1 amide bonds. The van der Waals surface area contributed by atoms with E-state index in [1.54, 1.807) is 17.8 Å². The lowest BCUT2D eigenvalue weighted by Gasteiger charge is -2.16. The molecule has 0 saturated heterocycles. The summed E-state index contributed by atoms with van der Waals surface area (Å²) in [5.74, 6) is -1.89. The smallest absolute Gasteiger partial charge is 0.227 e.